The third kappa shape index (κ3) is 4.61. The molecule has 1 fully saturated rings. The topological polar surface area (TPSA) is 61.4 Å². The molecule has 0 radical (unpaired) electrons. The van der Waals surface area contributed by atoms with E-state index < -0.39 is 0 Å². The Hall–Kier alpha value is -2.54. The first-order chi connectivity index (χ1) is 14.5. The van der Waals surface area contributed by atoms with Crippen LogP contribution in [0.1, 0.15) is 47.8 Å². The lowest BCUT2D eigenvalue weighted by molar-refractivity contribution is -0.130. The highest BCUT2D eigenvalue weighted by molar-refractivity contribution is 5.76. The van der Waals surface area contributed by atoms with Crippen molar-refractivity contribution in [3.63, 3.8) is 0 Å². The average Bonchev–Trinajstić information content (AvgIpc) is 3.25. The van der Waals surface area contributed by atoms with Crippen LogP contribution in [0.25, 0.3) is 0 Å². The van der Waals surface area contributed by atoms with Crippen LogP contribution in [0.5, 0.6) is 0 Å². The van der Waals surface area contributed by atoms with E-state index in [0.717, 1.165) is 68.2 Å². The number of amides is 1. The van der Waals surface area contributed by atoms with Crippen molar-refractivity contribution in [3.8, 4) is 0 Å². The van der Waals surface area contributed by atoms with Crippen LogP contribution < -0.4 is 5.32 Å². The van der Waals surface area contributed by atoms with E-state index in [1.165, 1.54) is 17.7 Å². The minimum atomic E-state index is -0.226. The minimum Gasteiger partial charge on any atom is -0.373 e. The van der Waals surface area contributed by atoms with Crippen molar-refractivity contribution in [1.29, 1.82) is 0 Å². The van der Waals surface area contributed by atoms with Crippen LogP contribution in [-0.4, -0.2) is 59.4 Å². The second kappa shape index (κ2) is 9.08. The highest BCUT2D eigenvalue weighted by Gasteiger charge is 2.30. The number of hydrogen-bond donors (Lipinski definition) is 1. The molecule has 1 aromatic carbocycles. The Balaban J connectivity index is 1.34. The third-order valence-electron chi connectivity index (χ3n) is 6.18. The summed E-state index contributed by atoms with van der Waals surface area (Å²) in [4.78, 5) is 26.6. The maximum atomic E-state index is 13.0. The molecule has 2 aromatic rings. The average molecular weight is 412 g/mol. The van der Waals surface area contributed by atoms with Crippen molar-refractivity contribution in [2.45, 2.75) is 44.6 Å². The van der Waals surface area contributed by atoms with E-state index in [2.05, 4.69) is 17.3 Å². The van der Waals surface area contributed by atoms with Crippen molar-refractivity contribution >= 4 is 11.7 Å². The number of likely N-dealkylation sites (tertiary alicyclic amines) is 1. The number of nitrogens with zero attached hydrogens (tertiary/aromatic N) is 4. The number of fused-ring (bicyclic) bond motifs is 1. The Kier molecular flexibility index (Phi) is 6.27. The molecule has 0 unspecified atom stereocenters. The molecule has 1 aromatic heterocycles. The van der Waals surface area contributed by atoms with E-state index in [9.17, 15) is 9.18 Å². The Labute approximate surface area is 177 Å². The first-order valence-electron chi connectivity index (χ1n) is 10.8. The fourth-order valence-electron chi connectivity index (χ4n) is 4.41. The molecule has 2 aliphatic heterocycles. The Bertz CT molecular complexity index is 884. The molecule has 1 saturated heterocycles. The first-order valence-corrected chi connectivity index (χ1v) is 10.8. The van der Waals surface area contributed by atoms with E-state index in [1.54, 1.807) is 12.1 Å². The van der Waals surface area contributed by atoms with Crippen LogP contribution >= 0.6 is 0 Å². The number of anilines is 1. The zero-order chi connectivity index (χ0) is 21.1. The van der Waals surface area contributed by atoms with Gasteiger partial charge < -0.3 is 15.1 Å². The number of aromatic nitrogens is 2. The van der Waals surface area contributed by atoms with Crippen molar-refractivity contribution < 1.29 is 9.18 Å². The van der Waals surface area contributed by atoms with Gasteiger partial charge in [0, 0.05) is 57.5 Å². The van der Waals surface area contributed by atoms with Gasteiger partial charge in [-0.25, -0.2) is 14.4 Å². The number of aryl methyl sites for hydroxylation is 1. The monoisotopic (exact) mass is 411 g/mol. The SMILES string of the molecule is CNc1nc([C@H]2CCN(C(=O)CCCc3ccc(F)cc3)C2)nc2c1CN(C)CC2. The van der Waals surface area contributed by atoms with Gasteiger partial charge in [-0.2, -0.15) is 0 Å². The summed E-state index contributed by atoms with van der Waals surface area (Å²) in [7, 11) is 4.03. The van der Waals surface area contributed by atoms with Crippen LogP contribution in [0.2, 0.25) is 0 Å². The molecule has 160 valence electrons. The summed E-state index contributed by atoms with van der Waals surface area (Å²) < 4.78 is 13.0. The van der Waals surface area contributed by atoms with Crippen LogP contribution in [0, 0.1) is 5.82 Å². The summed E-state index contributed by atoms with van der Waals surface area (Å²) in [6.45, 7) is 3.33. The van der Waals surface area contributed by atoms with Gasteiger partial charge in [-0.05, 0) is 44.0 Å². The second-order valence-corrected chi connectivity index (χ2v) is 8.40. The van der Waals surface area contributed by atoms with Crippen molar-refractivity contribution in [3.05, 3.63) is 52.7 Å². The first kappa shape index (κ1) is 20.7. The van der Waals surface area contributed by atoms with E-state index in [0.29, 0.717) is 13.0 Å². The summed E-state index contributed by atoms with van der Waals surface area (Å²) in [6, 6.07) is 6.52. The van der Waals surface area contributed by atoms with Gasteiger partial charge in [0.15, 0.2) is 0 Å². The normalized spacial score (nSPS) is 19.0. The fraction of sp³-hybridized carbons (Fsp3) is 0.522. The number of halogens is 1. The van der Waals surface area contributed by atoms with E-state index in [4.69, 9.17) is 9.97 Å². The zero-order valence-electron chi connectivity index (χ0n) is 17.8. The number of nitrogens with one attached hydrogen (secondary N) is 1. The summed E-state index contributed by atoms with van der Waals surface area (Å²) in [5, 5.41) is 3.24. The molecule has 7 heteroatoms. The van der Waals surface area contributed by atoms with Gasteiger partial charge in [-0.3, -0.25) is 4.79 Å². The predicted molar refractivity (Wildman–Crippen MR) is 115 cm³/mol. The summed E-state index contributed by atoms with van der Waals surface area (Å²) >= 11 is 0. The van der Waals surface area contributed by atoms with Crippen LogP contribution in [0.3, 0.4) is 0 Å². The Morgan fingerprint density at radius 3 is 2.80 bits per heavy atom. The summed E-state index contributed by atoms with van der Waals surface area (Å²) in [5.41, 5.74) is 3.41. The molecule has 0 saturated carbocycles. The molecule has 0 bridgehead atoms. The maximum Gasteiger partial charge on any atom is 0.222 e. The van der Waals surface area contributed by atoms with E-state index in [1.807, 2.05) is 11.9 Å². The highest BCUT2D eigenvalue weighted by Crippen LogP contribution is 2.30. The van der Waals surface area contributed by atoms with Gasteiger partial charge in [0.2, 0.25) is 5.91 Å². The molecule has 3 heterocycles. The van der Waals surface area contributed by atoms with Gasteiger partial charge in [0.05, 0.1) is 5.69 Å². The molecular weight excluding hydrogens is 381 g/mol. The molecule has 30 heavy (non-hydrogen) atoms. The molecule has 0 spiro atoms. The van der Waals surface area contributed by atoms with Gasteiger partial charge in [0.1, 0.15) is 17.5 Å². The van der Waals surface area contributed by atoms with Crippen molar-refractivity contribution in [2.24, 2.45) is 0 Å². The number of benzene rings is 1. The molecule has 4 rings (SSSR count). The smallest absolute Gasteiger partial charge is 0.222 e. The Morgan fingerprint density at radius 2 is 2.03 bits per heavy atom. The van der Waals surface area contributed by atoms with Gasteiger partial charge >= 0.3 is 0 Å². The van der Waals surface area contributed by atoms with Crippen LogP contribution in [0.15, 0.2) is 24.3 Å². The molecule has 6 nitrogen and oxygen atoms in total. The largest absolute Gasteiger partial charge is 0.373 e. The molecule has 1 N–H and O–H groups in total. The number of carbonyl (C=O) groups excluding carboxylic acids is 1. The highest BCUT2D eigenvalue weighted by atomic mass is 19.1. The quantitative estimate of drug-likeness (QED) is 0.792. The zero-order valence-corrected chi connectivity index (χ0v) is 17.8. The molecular formula is C23H30FN5O. The van der Waals surface area contributed by atoms with Crippen LogP contribution in [0.4, 0.5) is 10.2 Å². The second-order valence-electron chi connectivity index (χ2n) is 8.40. The molecule has 0 aliphatic carbocycles. The molecule has 1 atom stereocenters. The number of rotatable bonds is 6. The standard InChI is InChI=1S/C23H30FN5O/c1-25-23-19-15-28(2)12-11-20(19)26-22(27-23)17-10-13-29(14-17)21(30)5-3-4-16-6-8-18(24)9-7-16/h6-9,17H,3-5,10-15H2,1-2H3,(H,25,26,27)/t17-/m0/s1. The molecule has 2 aliphatic rings. The predicted octanol–water partition coefficient (Wildman–Crippen LogP) is 2.98. The molecule has 1 amide bonds. The number of hydrogen-bond acceptors (Lipinski definition) is 5. The summed E-state index contributed by atoms with van der Waals surface area (Å²) in [5.74, 6) is 1.95. The van der Waals surface area contributed by atoms with Crippen LogP contribution in [-0.2, 0) is 24.2 Å². The van der Waals surface area contributed by atoms with E-state index >= 15 is 0 Å². The van der Waals surface area contributed by atoms with Crippen molar-refractivity contribution in [2.75, 3.05) is 39.0 Å². The lowest BCUT2D eigenvalue weighted by Gasteiger charge is -2.26. The van der Waals surface area contributed by atoms with Crippen molar-refractivity contribution in [1.82, 2.24) is 19.8 Å². The minimum absolute atomic E-state index is 0.188. The van der Waals surface area contributed by atoms with Gasteiger partial charge in [0.25, 0.3) is 0 Å². The lowest BCUT2D eigenvalue weighted by atomic mass is 10.0. The van der Waals surface area contributed by atoms with Gasteiger partial charge in [-0.15, -0.1) is 0 Å². The summed E-state index contributed by atoms with van der Waals surface area (Å²) in [6.07, 6.45) is 3.93. The van der Waals surface area contributed by atoms with E-state index in [-0.39, 0.29) is 17.6 Å². The number of carbonyl (C=O) groups is 1. The maximum absolute atomic E-state index is 13.0. The Morgan fingerprint density at radius 1 is 1.23 bits per heavy atom. The fourth-order valence-corrected chi connectivity index (χ4v) is 4.41. The van der Waals surface area contributed by atoms with Gasteiger partial charge in [-0.1, -0.05) is 12.1 Å². The third-order valence-corrected chi connectivity index (χ3v) is 6.18. The number of likely N-dealkylation sites (N-methyl/N-ethyl adjacent to an activating group) is 1. The lowest BCUT2D eigenvalue weighted by Crippen LogP contribution is -2.30.